The van der Waals surface area contributed by atoms with Gasteiger partial charge in [0, 0.05) is 6.54 Å². The molecule has 0 rings (SSSR count). The van der Waals surface area contributed by atoms with E-state index < -0.39 is 0 Å². The fourth-order valence-electron chi connectivity index (χ4n) is 1.46. The van der Waals surface area contributed by atoms with Gasteiger partial charge < -0.3 is 0 Å². The van der Waals surface area contributed by atoms with Gasteiger partial charge in [-0.2, -0.15) is 0 Å². The predicted octanol–water partition coefficient (Wildman–Crippen LogP) is 2.30. The molecule has 2 nitrogen and oxygen atoms in total. The SMILES string of the molecule is CCCC(C)C(C)(C)CCNN. The van der Waals surface area contributed by atoms with Crippen LogP contribution < -0.4 is 11.3 Å². The van der Waals surface area contributed by atoms with Crippen molar-refractivity contribution in [3.63, 3.8) is 0 Å². The fourth-order valence-corrected chi connectivity index (χ4v) is 1.46. The Morgan fingerprint density at radius 3 is 2.42 bits per heavy atom. The van der Waals surface area contributed by atoms with Gasteiger partial charge in [0.05, 0.1) is 0 Å². The molecule has 2 heteroatoms. The van der Waals surface area contributed by atoms with Gasteiger partial charge in [0.1, 0.15) is 0 Å². The van der Waals surface area contributed by atoms with Crippen LogP contribution in [0.25, 0.3) is 0 Å². The standard InChI is InChI=1S/C10H24N2/c1-5-6-9(2)10(3,4)7-8-12-11/h9,12H,5-8,11H2,1-4H3. The third-order valence-electron chi connectivity index (χ3n) is 2.97. The highest BCUT2D eigenvalue weighted by Gasteiger charge is 2.23. The molecule has 0 heterocycles. The fraction of sp³-hybridized carbons (Fsp3) is 1.00. The zero-order chi connectivity index (χ0) is 9.61. The van der Waals surface area contributed by atoms with Crippen LogP contribution in [0.1, 0.15) is 47.0 Å². The van der Waals surface area contributed by atoms with E-state index >= 15 is 0 Å². The van der Waals surface area contributed by atoms with Crippen LogP contribution in [0.4, 0.5) is 0 Å². The lowest BCUT2D eigenvalue weighted by Gasteiger charge is -2.31. The molecular formula is C10H24N2. The lowest BCUT2D eigenvalue weighted by molar-refractivity contribution is 0.198. The van der Waals surface area contributed by atoms with Crippen LogP contribution in [0, 0.1) is 11.3 Å². The third kappa shape index (κ3) is 4.07. The second kappa shape index (κ2) is 5.55. The molecule has 0 radical (unpaired) electrons. The summed E-state index contributed by atoms with van der Waals surface area (Å²) in [4.78, 5) is 0. The van der Waals surface area contributed by atoms with Crippen molar-refractivity contribution in [1.82, 2.24) is 5.43 Å². The van der Waals surface area contributed by atoms with E-state index in [1.54, 1.807) is 0 Å². The van der Waals surface area contributed by atoms with Gasteiger partial charge in [0.25, 0.3) is 0 Å². The van der Waals surface area contributed by atoms with Gasteiger partial charge in [-0.05, 0) is 17.8 Å². The number of rotatable bonds is 6. The van der Waals surface area contributed by atoms with E-state index in [1.165, 1.54) is 12.8 Å². The zero-order valence-corrected chi connectivity index (χ0v) is 8.98. The molecule has 3 N–H and O–H groups in total. The molecule has 0 amide bonds. The number of hydrazine groups is 1. The minimum Gasteiger partial charge on any atom is -0.271 e. The van der Waals surface area contributed by atoms with Crippen molar-refractivity contribution in [3.05, 3.63) is 0 Å². The molecule has 0 aliphatic rings. The minimum absolute atomic E-state index is 0.419. The van der Waals surface area contributed by atoms with E-state index in [4.69, 9.17) is 5.84 Å². The first-order valence-corrected chi connectivity index (χ1v) is 4.98. The molecule has 0 aromatic rings. The largest absolute Gasteiger partial charge is 0.271 e. The van der Waals surface area contributed by atoms with Crippen LogP contribution in [-0.2, 0) is 0 Å². The average molecular weight is 172 g/mol. The molecule has 0 fully saturated rings. The van der Waals surface area contributed by atoms with E-state index in [2.05, 4.69) is 33.1 Å². The summed E-state index contributed by atoms with van der Waals surface area (Å²) in [5, 5.41) is 0. The Morgan fingerprint density at radius 2 is 2.00 bits per heavy atom. The molecule has 0 spiro atoms. The molecular weight excluding hydrogens is 148 g/mol. The monoisotopic (exact) mass is 172 g/mol. The lowest BCUT2D eigenvalue weighted by Crippen LogP contribution is -2.30. The summed E-state index contributed by atoms with van der Waals surface area (Å²) >= 11 is 0. The Morgan fingerprint density at radius 1 is 1.42 bits per heavy atom. The molecule has 0 aromatic heterocycles. The molecule has 1 atom stereocenters. The minimum atomic E-state index is 0.419. The van der Waals surface area contributed by atoms with Crippen molar-refractivity contribution < 1.29 is 0 Å². The molecule has 0 saturated carbocycles. The van der Waals surface area contributed by atoms with Gasteiger partial charge in [-0.1, -0.05) is 40.5 Å². The predicted molar refractivity (Wildman–Crippen MR) is 54.7 cm³/mol. The molecule has 12 heavy (non-hydrogen) atoms. The zero-order valence-electron chi connectivity index (χ0n) is 8.98. The van der Waals surface area contributed by atoms with Crippen LogP contribution in [0.5, 0.6) is 0 Å². The number of hydrogen-bond donors (Lipinski definition) is 2. The van der Waals surface area contributed by atoms with Crippen LogP contribution in [-0.4, -0.2) is 6.54 Å². The van der Waals surface area contributed by atoms with E-state index in [0.717, 1.165) is 18.9 Å². The highest BCUT2D eigenvalue weighted by atomic mass is 15.2. The van der Waals surface area contributed by atoms with Gasteiger partial charge in [-0.25, -0.2) is 0 Å². The van der Waals surface area contributed by atoms with Crippen molar-refractivity contribution in [2.24, 2.45) is 17.2 Å². The number of hydrogen-bond acceptors (Lipinski definition) is 2. The highest BCUT2D eigenvalue weighted by Crippen LogP contribution is 2.32. The number of nitrogens with two attached hydrogens (primary N) is 1. The van der Waals surface area contributed by atoms with Crippen molar-refractivity contribution in [1.29, 1.82) is 0 Å². The van der Waals surface area contributed by atoms with Gasteiger partial charge >= 0.3 is 0 Å². The van der Waals surface area contributed by atoms with Gasteiger partial charge in [-0.15, -0.1) is 0 Å². The maximum absolute atomic E-state index is 5.26. The Labute approximate surface area is 76.9 Å². The Bertz CT molecular complexity index is 110. The van der Waals surface area contributed by atoms with E-state index in [0.29, 0.717) is 5.41 Å². The first kappa shape index (κ1) is 11.9. The van der Waals surface area contributed by atoms with Crippen LogP contribution in [0.2, 0.25) is 0 Å². The maximum Gasteiger partial charge on any atom is 0.0103 e. The topological polar surface area (TPSA) is 38.0 Å². The average Bonchev–Trinajstić information content (AvgIpc) is 2.01. The first-order valence-electron chi connectivity index (χ1n) is 4.98. The van der Waals surface area contributed by atoms with Crippen molar-refractivity contribution in [3.8, 4) is 0 Å². The van der Waals surface area contributed by atoms with Crippen LogP contribution >= 0.6 is 0 Å². The second-order valence-electron chi connectivity index (χ2n) is 4.38. The summed E-state index contributed by atoms with van der Waals surface area (Å²) < 4.78 is 0. The molecule has 1 unspecified atom stereocenters. The van der Waals surface area contributed by atoms with Gasteiger partial charge in [-0.3, -0.25) is 11.3 Å². The summed E-state index contributed by atoms with van der Waals surface area (Å²) in [6.07, 6.45) is 3.75. The summed E-state index contributed by atoms with van der Waals surface area (Å²) in [7, 11) is 0. The first-order chi connectivity index (χ1) is 5.54. The normalized spacial score (nSPS) is 14.8. The molecule has 0 bridgehead atoms. The van der Waals surface area contributed by atoms with E-state index in [9.17, 15) is 0 Å². The van der Waals surface area contributed by atoms with E-state index in [-0.39, 0.29) is 0 Å². The quantitative estimate of drug-likeness (QED) is 0.476. The van der Waals surface area contributed by atoms with Crippen molar-refractivity contribution in [2.75, 3.05) is 6.54 Å². The summed E-state index contributed by atoms with van der Waals surface area (Å²) in [6.45, 7) is 10.1. The second-order valence-corrected chi connectivity index (χ2v) is 4.38. The molecule has 74 valence electrons. The lowest BCUT2D eigenvalue weighted by atomic mass is 9.75. The third-order valence-corrected chi connectivity index (χ3v) is 2.97. The van der Waals surface area contributed by atoms with Crippen molar-refractivity contribution in [2.45, 2.75) is 47.0 Å². The van der Waals surface area contributed by atoms with Crippen LogP contribution in [0.15, 0.2) is 0 Å². The van der Waals surface area contributed by atoms with Crippen molar-refractivity contribution >= 4 is 0 Å². The summed E-state index contributed by atoms with van der Waals surface area (Å²) in [5.74, 6) is 6.05. The highest BCUT2D eigenvalue weighted by molar-refractivity contribution is 4.75. The number of nitrogens with one attached hydrogen (secondary N) is 1. The Hall–Kier alpha value is -0.0800. The van der Waals surface area contributed by atoms with Gasteiger partial charge in [0.2, 0.25) is 0 Å². The summed E-state index contributed by atoms with van der Waals surface area (Å²) in [5.41, 5.74) is 3.14. The maximum atomic E-state index is 5.26. The molecule has 0 saturated heterocycles. The summed E-state index contributed by atoms with van der Waals surface area (Å²) in [6, 6.07) is 0. The van der Waals surface area contributed by atoms with Crippen LogP contribution in [0.3, 0.4) is 0 Å². The van der Waals surface area contributed by atoms with Gasteiger partial charge in [0.15, 0.2) is 0 Å². The Balaban J connectivity index is 3.81. The molecule has 0 aliphatic carbocycles. The van der Waals surface area contributed by atoms with E-state index in [1.807, 2.05) is 0 Å². The Kier molecular flexibility index (Phi) is 5.51. The smallest absolute Gasteiger partial charge is 0.0103 e. The molecule has 0 aliphatic heterocycles. The molecule has 0 aromatic carbocycles.